The largest absolute Gasteiger partial charge is 0.309 e. The Morgan fingerprint density at radius 1 is 0.368 bits per heavy atom. The number of aromatic nitrogens is 5. The van der Waals surface area contributed by atoms with E-state index in [2.05, 4.69) is 115 Å². The number of pyridine rings is 3. The van der Waals surface area contributed by atoms with E-state index in [-0.39, 0.29) is 0 Å². The van der Waals surface area contributed by atoms with E-state index in [4.69, 9.17) is 0 Å². The Morgan fingerprint density at radius 2 is 0.763 bits per heavy atom. The summed E-state index contributed by atoms with van der Waals surface area (Å²) < 4.78 is 4.59. The highest BCUT2D eigenvalue weighted by atomic mass is 15.0. The Hall–Kier alpha value is -5.29. The van der Waals surface area contributed by atoms with Gasteiger partial charge in [0.2, 0.25) is 0 Å². The van der Waals surface area contributed by atoms with Crippen LogP contribution in [0, 0.1) is 0 Å². The maximum absolute atomic E-state index is 4.36. The summed E-state index contributed by atoms with van der Waals surface area (Å²) in [5.74, 6) is 0. The Bertz CT molecular complexity index is 1850. The zero-order valence-electron chi connectivity index (χ0n) is 20.4. The molecule has 0 N–H and O–H groups in total. The van der Waals surface area contributed by atoms with Crippen LogP contribution in [0.1, 0.15) is 0 Å². The van der Waals surface area contributed by atoms with Crippen molar-refractivity contribution in [3.05, 3.63) is 128 Å². The Kier molecular flexibility index (Phi) is 4.45. The molecule has 8 aromatic rings. The van der Waals surface area contributed by atoms with Crippen molar-refractivity contribution in [2.24, 2.45) is 0 Å². The first-order valence-electron chi connectivity index (χ1n) is 12.6. The lowest BCUT2D eigenvalue weighted by Crippen LogP contribution is -1.95. The Labute approximate surface area is 218 Å². The Morgan fingerprint density at radius 3 is 1.24 bits per heavy atom. The van der Waals surface area contributed by atoms with Gasteiger partial charge in [-0.25, -0.2) is 0 Å². The molecule has 5 heterocycles. The van der Waals surface area contributed by atoms with Crippen LogP contribution >= 0.6 is 0 Å². The molecule has 0 aliphatic carbocycles. The lowest BCUT2D eigenvalue weighted by Gasteiger charge is -2.11. The molecule has 0 fully saturated rings. The van der Waals surface area contributed by atoms with Crippen molar-refractivity contribution in [2.75, 3.05) is 0 Å². The second kappa shape index (κ2) is 8.11. The number of rotatable bonds is 3. The molecule has 3 aromatic carbocycles. The molecule has 0 saturated carbocycles. The molecule has 178 valence electrons. The molecule has 0 atom stereocenters. The van der Waals surface area contributed by atoms with Gasteiger partial charge in [0, 0.05) is 70.1 Å². The molecular weight excluding hydrogens is 466 g/mol. The summed E-state index contributed by atoms with van der Waals surface area (Å²) in [7, 11) is 0. The van der Waals surface area contributed by atoms with Gasteiger partial charge in [0.1, 0.15) is 0 Å². The minimum Gasteiger partial charge on any atom is -0.309 e. The second-order valence-electron chi connectivity index (χ2n) is 9.46. The number of benzene rings is 3. The van der Waals surface area contributed by atoms with Gasteiger partial charge in [-0.2, -0.15) is 0 Å². The van der Waals surface area contributed by atoms with Crippen LogP contribution in [-0.4, -0.2) is 24.1 Å². The molecule has 0 aliphatic rings. The van der Waals surface area contributed by atoms with Gasteiger partial charge in [0.05, 0.1) is 22.1 Å². The molecule has 8 rings (SSSR count). The topological polar surface area (TPSA) is 48.5 Å². The summed E-state index contributed by atoms with van der Waals surface area (Å²) in [5.41, 5.74) is 9.20. The van der Waals surface area contributed by atoms with Crippen LogP contribution in [0.4, 0.5) is 0 Å². The molecular formula is C33H21N5. The van der Waals surface area contributed by atoms with Crippen LogP contribution in [0.15, 0.2) is 128 Å². The zero-order chi connectivity index (χ0) is 25.1. The van der Waals surface area contributed by atoms with Gasteiger partial charge in [-0.15, -0.1) is 0 Å². The summed E-state index contributed by atoms with van der Waals surface area (Å²) in [5, 5.41) is 4.60. The van der Waals surface area contributed by atoms with E-state index in [0.717, 1.165) is 38.7 Å². The smallest absolute Gasteiger partial charge is 0.0572 e. The monoisotopic (exact) mass is 487 g/mol. The minimum atomic E-state index is 1.11. The molecule has 0 saturated heterocycles. The van der Waals surface area contributed by atoms with Gasteiger partial charge in [-0.05, 0) is 59.7 Å². The predicted octanol–water partition coefficient (Wildman–Crippen LogP) is 7.73. The van der Waals surface area contributed by atoms with Crippen molar-refractivity contribution in [1.29, 1.82) is 0 Å². The van der Waals surface area contributed by atoms with E-state index in [1.54, 1.807) is 0 Å². The third kappa shape index (κ3) is 3.02. The molecule has 5 aromatic heterocycles. The van der Waals surface area contributed by atoms with Crippen molar-refractivity contribution in [3.8, 4) is 22.5 Å². The van der Waals surface area contributed by atoms with Crippen LogP contribution in [-0.2, 0) is 0 Å². The normalized spacial score (nSPS) is 11.7. The molecule has 0 spiro atoms. The molecule has 0 aliphatic heterocycles. The van der Waals surface area contributed by atoms with E-state index in [0.29, 0.717) is 0 Å². The molecule has 5 heteroatoms. The summed E-state index contributed by atoms with van der Waals surface area (Å²) >= 11 is 0. The van der Waals surface area contributed by atoms with Crippen molar-refractivity contribution in [2.45, 2.75) is 0 Å². The fourth-order valence-corrected chi connectivity index (χ4v) is 5.69. The second-order valence-corrected chi connectivity index (χ2v) is 9.46. The number of hydrogen-bond acceptors (Lipinski definition) is 3. The van der Waals surface area contributed by atoms with Crippen molar-refractivity contribution in [3.63, 3.8) is 0 Å². The quantitative estimate of drug-likeness (QED) is 0.256. The minimum absolute atomic E-state index is 1.11. The van der Waals surface area contributed by atoms with Crippen LogP contribution < -0.4 is 0 Å². The predicted molar refractivity (Wildman–Crippen MR) is 154 cm³/mol. The lowest BCUT2D eigenvalue weighted by atomic mass is 10.0. The van der Waals surface area contributed by atoms with Crippen molar-refractivity contribution in [1.82, 2.24) is 24.1 Å². The van der Waals surface area contributed by atoms with Gasteiger partial charge in [0.15, 0.2) is 0 Å². The SMILES string of the molecule is c1ccc2c(c1)c1cnccc1n2-c1ccc(-c2ccc(-n3c4ccncc4c4cnccc43)cc2)cc1. The molecule has 5 nitrogen and oxygen atoms in total. The van der Waals surface area contributed by atoms with E-state index in [1.165, 1.54) is 27.4 Å². The highest BCUT2D eigenvalue weighted by Crippen LogP contribution is 2.33. The van der Waals surface area contributed by atoms with E-state index < -0.39 is 0 Å². The standard InChI is InChI=1S/C33H21N5/c1-2-4-30-26(3-1)27-19-34-16-13-31(27)37(30)24-9-5-22(6-10-24)23-7-11-25(12-8-23)38-32-14-17-35-20-28(32)29-21-36-18-15-33(29)38/h1-21H. The highest BCUT2D eigenvalue weighted by molar-refractivity contribution is 6.09. The maximum atomic E-state index is 4.36. The van der Waals surface area contributed by atoms with Crippen LogP contribution in [0.5, 0.6) is 0 Å². The number of nitrogens with zero attached hydrogens (tertiary/aromatic N) is 5. The first kappa shape index (κ1) is 20.9. The summed E-state index contributed by atoms with van der Waals surface area (Å²) in [6.07, 6.45) is 11.3. The molecule has 0 unspecified atom stereocenters. The van der Waals surface area contributed by atoms with Crippen LogP contribution in [0.3, 0.4) is 0 Å². The summed E-state index contributed by atoms with van der Waals surface area (Å²) in [6, 6.07) is 32.3. The fourth-order valence-electron chi connectivity index (χ4n) is 5.69. The van der Waals surface area contributed by atoms with Crippen molar-refractivity contribution >= 4 is 43.6 Å². The van der Waals surface area contributed by atoms with E-state index in [9.17, 15) is 0 Å². The first-order chi connectivity index (χ1) is 18.9. The number of para-hydroxylation sites is 1. The average Bonchev–Trinajstić information content (AvgIpc) is 3.51. The molecule has 0 radical (unpaired) electrons. The van der Waals surface area contributed by atoms with E-state index >= 15 is 0 Å². The van der Waals surface area contributed by atoms with Gasteiger partial charge in [0.25, 0.3) is 0 Å². The molecule has 38 heavy (non-hydrogen) atoms. The summed E-state index contributed by atoms with van der Waals surface area (Å²) in [6.45, 7) is 0. The third-order valence-electron chi connectivity index (χ3n) is 7.43. The number of hydrogen-bond donors (Lipinski definition) is 0. The van der Waals surface area contributed by atoms with Gasteiger partial charge in [-0.1, -0.05) is 42.5 Å². The van der Waals surface area contributed by atoms with Crippen LogP contribution in [0.2, 0.25) is 0 Å². The Balaban J connectivity index is 1.20. The zero-order valence-corrected chi connectivity index (χ0v) is 20.4. The van der Waals surface area contributed by atoms with Gasteiger partial charge in [-0.3, -0.25) is 15.0 Å². The third-order valence-corrected chi connectivity index (χ3v) is 7.43. The fraction of sp³-hybridized carbons (Fsp3) is 0. The van der Waals surface area contributed by atoms with Gasteiger partial charge >= 0.3 is 0 Å². The number of fused-ring (bicyclic) bond motifs is 6. The summed E-state index contributed by atoms with van der Waals surface area (Å²) in [4.78, 5) is 13.0. The highest BCUT2D eigenvalue weighted by Gasteiger charge is 2.13. The maximum Gasteiger partial charge on any atom is 0.0572 e. The van der Waals surface area contributed by atoms with Gasteiger partial charge < -0.3 is 9.13 Å². The van der Waals surface area contributed by atoms with Crippen molar-refractivity contribution < 1.29 is 0 Å². The van der Waals surface area contributed by atoms with Crippen LogP contribution in [0.25, 0.3) is 66.1 Å². The van der Waals surface area contributed by atoms with E-state index in [1.807, 2.05) is 37.2 Å². The first-order valence-corrected chi connectivity index (χ1v) is 12.6. The lowest BCUT2D eigenvalue weighted by molar-refractivity contribution is 1.17. The molecule has 0 bridgehead atoms. The molecule has 0 amide bonds. The average molecular weight is 488 g/mol.